The second-order valence-corrected chi connectivity index (χ2v) is 7.64. The van der Waals surface area contributed by atoms with E-state index in [1.807, 2.05) is 42.3 Å². The Labute approximate surface area is 177 Å². The Bertz CT molecular complexity index is 979. The molecule has 1 aliphatic heterocycles. The zero-order valence-corrected chi connectivity index (χ0v) is 17.2. The molecule has 1 atom stereocenters. The highest BCUT2D eigenvalue weighted by Crippen LogP contribution is 2.29. The van der Waals surface area contributed by atoms with Gasteiger partial charge in [-0.1, -0.05) is 30.3 Å². The van der Waals surface area contributed by atoms with Gasteiger partial charge in [0.2, 0.25) is 0 Å². The smallest absolute Gasteiger partial charge is 0.255 e. The van der Waals surface area contributed by atoms with Gasteiger partial charge in [0.15, 0.2) is 0 Å². The third-order valence-electron chi connectivity index (χ3n) is 5.39. The molecule has 3 aromatic rings. The maximum atomic E-state index is 12.9. The molecule has 0 radical (unpaired) electrons. The Morgan fingerprint density at radius 3 is 2.80 bits per heavy atom. The summed E-state index contributed by atoms with van der Waals surface area (Å²) in [4.78, 5) is 28.0. The minimum atomic E-state index is 0.0282. The molecule has 0 bridgehead atoms. The number of carbonyl (C=O) groups is 1. The molecule has 4 rings (SSSR count). The fourth-order valence-electron chi connectivity index (χ4n) is 3.89. The van der Waals surface area contributed by atoms with Gasteiger partial charge in [0.05, 0.1) is 24.5 Å². The number of ether oxygens (including phenoxy) is 1. The Morgan fingerprint density at radius 1 is 1.13 bits per heavy atom. The summed E-state index contributed by atoms with van der Waals surface area (Å²) in [5, 5.41) is 0. The van der Waals surface area contributed by atoms with E-state index in [4.69, 9.17) is 9.72 Å². The molecule has 2 aromatic heterocycles. The molecule has 6 nitrogen and oxygen atoms in total. The van der Waals surface area contributed by atoms with E-state index >= 15 is 0 Å². The zero-order valence-electron chi connectivity index (χ0n) is 17.2. The number of amides is 1. The van der Waals surface area contributed by atoms with Crippen molar-refractivity contribution >= 4 is 5.91 Å². The van der Waals surface area contributed by atoms with Crippen molar-refractivity contribution in [3.63, 3.8) is 0 Å². The first-order chi connectivity index (χ1) is 14.7. The van der Waals surface area contributed by atoms with Gasteiger partial charge in [-0.25, -0.2) is 9.97 Å². The van der Waals surface area contributed by atoms with Crippen molar-refractivity contribution in [1.82, 2.24) is 19.9 Å². The summed E-state index contributed by atoms with van der Waals surface area (Å²) in [5.74, 6) is 0.948. The molecule has 1 aliphatic rings. The molecule has 1 amide bonds. The van der Waals surface area contributed by atoms with Crippen LogP contribution in [0.2, 0.25) is 0 Å². The largest absolute Gasteiger partial charge is 0.372 e. The maximum Gasteiger partial charge on any atom is 0.255 e. The van der Waals surface area contributed by atoms with Crippen molar-refractivity contribution < 1.29 is 9.53 Å². The standard InChI is InChI=1S/C24H26N4O2/c1-18-26-14-22(17-30-16-19-7-3-2-4-8-19)23(27-18)21-10-6-12-28(15-21)24(29)20-9-5-11-25-13-20/h2-5,7-9,11,13-14,21H,6,10,12,15-17H2,1H3. The van der Waals surface area contributed by atoms with Crippen molar-refractivity contribution in [3.8, 4) is 0 Å². The van der Waals surface area contributed by atoms with Crippen molar-refractivity contribution in [2.45, 2.75) is 38.9 Å². The first-order valence-corrected chi connectivity index (χ1v) is 10.3. The monoisotopic (exact) mass is 402 g/mol. The van der Waals surface area contributed by atoms with Gasteiger partial charge in [-0.15, -0.1) is 0 Å². The topological polar surface area (TPSA) is 68.2 Å². The quantitative estimate of drug-likeness (QED) is 0.625. The van der Waals surface area contributed by atoms with Gasteiger partial charge in [-0.05, 0) is 37.5 Å². The fraction of sp³-hybridized carbons (Fsp3) is 0.333. The number of hydrogen-bond acceptors (Lipinski definition) is 5. The van der Waals surface area contributed by atoms with E-state index in [1.165, 1.54) is 0 Å². The SMILES string of the molecule is Cc1ncc(COCc2ccccc2)c(C2CCCN(C(=O)c3cccnc3)C2)n1. The van der Waals surface area contributed by atoms with E-state index < -0.39 is 0 Å². The highest BCUT2D eigenvalue weighted by Gasteiger charge is 2.28. The molecular formula is C24H26N4O2. The average Bonchev–Trinajstić information content (AvgIpc) is 2.81. The van der Waals surface area contributed by atoms with Crippen molar-refractivity contribution in [1.29, 1.82) is 0 Å². The summed E-state index contributed by atoms with van der Waals surface area (Å²) in [6.45, 7) is 4.31. The summed E-state index contributed by atoms with van der Waals surface area (Å²) >= 11 is 0. The van der Waals surface area contributed by atoms with Crippen LogP contribution in [0.25, 0.3) is 0 Å². The number of likely N-dealkylation sites (tertiary alicyclic amines) is 1. The number of benzene rings is 1. The highest BCUT2D eigenvalue weighted by atomic mass is 16.5. The van der Waals surface area contributed by atoms with Gasteiger partial charge in [-0.2, -0.15) is 0 Å². The molecule has 0 aliphatic carbocycles. The van der Waals surface area contributed by atoms with Gasteiger partial charge >= 0.3 is 0 Å². The average molecular weight is 402 g/mol. The third-order valence-corrected chi connectivity index (χ3v) is 5.39. The number of carbonyl (C=O) groups excluding carboxylic acids is 1. The number of aryl methyl sites for hydroxylation is 1. The first kappa shape index (κ1) is 20.2. The second kappa shape index (κ2) is 9.59. The van der Waals surface area contributed by atoms with Crippen LogP contribution in [0.1, 0.15) is 51.8 Å². The Kier molecular flexibility index (Phi) is 6.44. The minimum Gasteiger partial charge on any atom is -0.372 e. The third kappa shape index (κ3) is 4.89. The van der Waals surface area contributed by atoms with E-state index in [1.54, 1.807) is 18.5 Å². The summed E-state index contributed by atoms with van der Waals surface area (Å²) in [7, 11) is 0. The molecule has 1 fully saturated rings. The van der Waals surface area contributed by atoms with E-state index in [-0.39, 0.29) is 11.8 Å². The fourth-order valence-corrected chi connectivity index (χ4v) is 3.89. The first-order valence-electron chi connectivity index (χ1n) is 10.3. The van der Waals surface area contributed by atoms with Crippen LogP contribution in [0.4, 0.5) is 0 Å². The van der Waals surface area contributed by atoms with Crippen LogP contribution in [0.3, 0.4) is 0 Å². The molecule has 1 aromatic carbocycles. The van der Waals surface area contributed by atoms with Crippen LogP contribution in [-0.4, -0.2) is 38.8 Å². The lowest BCUT2D eigenvalue weighted by Gasteiger charge is -2.33. The summed E-state index contributed by atoms with van der Waals surface area (Å²) in [6, 6.07) is 13.7. The van der Waals surface area contributed by atoms with Gasteiger partial charge in [0.25, 0.3) is 5.91 Å². The molecule has 3 heterocycles. The van der Waals surface area contributed by atoms with Crippen LogP contribution < -0.4 is 0 Å². The summed E-state index contributed by atoms with van der Waals surface area (Å²) in [6.07, 6.45) is 7.12. The van der Waals surface area contributed by atoms with Crippen molar-refractivity contribution in [2.75, 3.05) is 13.1 Å². The lowest BCUT2D eigenvalue weighted by Crippen LogP contribution is -2.39. The van der Waals surface area contributed by atoms with Gasteiger partial charge in [0.1, 0.15) is 5.82 Å². The van der Waals surface area contributed by atoms with Gasteiger partial charge in [0, 0.05) is 43.2 Å². The van der Waals surface area contributed by atoms with Crippen molar-refractivity contribution in [3.05, 3.63) is 89.3 Å². The second-order valence-electron chi connectivity index (χ2n) is 7.64. The Morgan fingerprint density at radius 2 is 2.00 bits per heavy atom. The van der Waals surface area contributed by atoms with Crippen LogP contribution in [0, 0.1) is 6.92 Å². The number of piperidine rings is 1. The van der Waals surface area contributed by atoms with E-state index in [0.717, 1.165) is 42.0 Å². The zero-order chi connectivity index (χ0) is 20.8. The number of rotatable bonds is 6. The van der Waals surface area contributed by atoms with Crippen LogP contribution >= 0.6 is 0 Å². The van der Waals surface area contributed by atoms with Crippen LogP contribution in [0.15, 0.2) is 61.1 Å². The predicted octanol–water partition coefficient (Wildman–Crippen LogP) is 3.92. The number of pyridine rings is 1. The number of aromatic nitrogens is 3. The molecule has 0 saturated carbocycles. The van der Waals surface area contributed by atoms with Gasteiger partial charge < -0.3 is 9.64 Å². The van der Waals surface area contributed by atoms with Crippen LogP contribution in [-0.2, 0) is 18.0 Å². The van der Waals surface area contributed by atoms with Crippen molar-refractivity contribution in [2.24, 2.45) is 0 Å². The molecule has 0 spiro atoms. The molecule has 1 unspecified atom stereocenters. The van der Waals surface area contributed by atoms with E-state index in [2.05, 4.69) is 22.1 Å². The molecular weight excluding hydrogens is 376 g/mol. The predicted molar refractivity (Wildman–Crippen MR) is 114 cm³/mol. The summed E-state index contributed by atoms with van der Waals surface area (Å²) < 4.78 is 5.95. The molecule has 6 heteroatoms. The normalized spacial score (nSPS) is 16.4. The summed E-state index contributed by atoms with van der Waals surface area (Å²) in [5.41, 5.74) is 3.76. The molecule has 1 saturated heterocycles. The number of hydrogen-bond donors (Lipinski definition) is 0. The number of nitrogens with zero attached hydrogens (tertiary/aromatic N) is 4. The maximum absolute atomic E-state index is 12.9. The highest BCUT2D eigenvalue weighted by molar-refractivity contribution is 5.94. The molecule has 30 heavy (non-hydrogen) atoms. The van der Waals surface area contributed by atoms with E-state index in [9.17, 15) is 4.79 Å². The lowest BCUT2D eigenvalue weighted by molar-refractivity contribution is 0.0702. The Balaban J connectivity index is 1.47. The molecule has 0 N–H and O–H groups in total. The van der Waals surface area contributed by atoms with Crippen LogP contribution in [0.5, 0.6) is 0 Å². The Hall–Kier alpha value is -3.12. The lowest BCUT2D eigenvalue weighted by atomic mass is 9.91. The van der Waals surface area contributed by atoms with Gasteiger partial charge in [-0.3, -0.25) is 9.78 Å². The molecule has 154 valence electrons. The minimum absolute atomic E-state index is 0.0282. The van der Waals surface area contributed by atoms with E-state index in [0.29, 0.717) is 25.3 Å².